The van der Waals surface area contributed by atoms with Crippen molar-refractivity contribution in [3.05, 3.63) is 0 Å². The second-order valence-electron chi connectivity index (χ2n) is 6.03. The Morgan fingerprint density at radius 1 is 0.875 bits per heavy atom. The summed E-state index contributed by atoms with van der Waals surface area (Å²) in [4.78, 5) is 0. The molecule has 0 saturated carbocycles. The second kappa shape index (κ2) is 7.07. The summed E-state index contributed by atoms with van der Waals surface area (Å²) in [5.41, 5.74) is 0. The van der Waals surface area contributed by atoms with Gasteiger partial charge in [0, 0.05) is 13.7 Å². The highest BCUT2D eigenvalue weighted by Crippen LogP contribution is 2.15. The summed E-state index contributed by atoms with van der Waals surface area (Å²) in [7, 11) is -2.65. The quantitative estimate of drug-likeness (QED) is 0.505. The van der Waals surface area contributed by atoms with Crippen molar-refractivity contribution in [3.63, 3.8) is 0 Å². The Morgan fingerprint density at radius 3 is 1.62 bits per heavy atom. The highest BCUT2D eigenvalue weighted by atomic mass is 28.4. The first kappa shape index (κ1) is 16.5. The minimum Gasteiger partial charge on any atom is -0.439 e. The molecule has 0 aromatic carbocycles. The lowest BCUT2D eigenvalue weighted by atomic mass is 10.5. The normalized spacial score (nSPS) is 13.5. The van der Waals surface area contributed by atoms with Crippen LogP contribution in [0.1, 0.15) is 6.42 Å². The van der Waals surface area contributed by atoms with Gasteiger partial charge in [0.05, 0.1) is 0 Å². The molecule has 0 fully saturated rings. The molecule has 0 aliphatic heterocycles. The summed E-state index contributed by atoms with van der Waals surface area (Å²) in [5, 5.41) is 0. The predicted octanol–water partition coefficient (Wildman–Crippen LogP) is 2.95. The molecule has 0 N–H and O–H groups in total. The second-order valence-corrected chi connectivity index (χ2v) is 17.8. The van der Waals surface area contributed by atoms with E-state index in [9.17, 15) is 0 Å². The van der Waals surface area contributed by atoms with Crippen LogP contribution in [-0.4, -0.2) is 39.6 Å². The van der Waals surface area contributed by atoms with Gasteiger partial charge >= 0.3 is 9.28 Å². The van der Waals surface area contributed by atoms with Crippen LogP contribution in [0.5, 0.6) is 0 Å². The molecule has 0 bridgehead atoms. The number of hydrogen-bond acceptors (Lipinski definition) is 3. The maximum absolute atomic E-state index is 6.20. The van der Waals surface area contributed by atoms with Gasteiger partial charge in [0.2, 0.25) is 0 Å². The number of rotatable bonds is 8. The molecule has 6 heteroatoms. The van der Waals surface area contributed by atoms with Crippen molar-refractivity contribution in [2.45, 2.75) is 51.7 Å². The highest BCUT2D eigenvalue weighted by Gasteiger charge is 2.28. The van der Waals surface area contributed by atoms with E-state index < -0.39 is 25.9 Å². The molecule has 0 unspecified atom stereocenters. The van der Waals surface area contributed by atoms with Gasteiger partial charge in [-0.2, -0.15) is 0 Å². The van der Waals surface area contributed by atoms with Gasteiger partial charge in [-0.25, -0.2) is 0 Å². The average molecular weight is 281 g/mol. The fraction of sp³-hybridized carbons (Fsp3) is 1.00. The third-order valence-electron chi connectivity index (χ3n) is 1.76. The summed E-state index contributed by atoms with van der Waals surface area (Å²) >= 11 is 0. The molecule has 0 aromatic heterocycles. The summed E-state index contributed by atoms with van der Waals surface area (Å²) in [6.07, 6.45) is 1.06. The minimum atomic E-state index is -1.47. The largest absolute Gasteiger partial charge is 0.439 e. The van der Waals surface area contributed by atoms with E-state index in [2.05, 4.69) is 39.3 Å². The zero-order valence-corrected chi connectivity index (χ0v) is 15.1. The lowest BCUT2D eigenvalue weighted by Crippen LogP contribution is -2.43. The molecule has 0 aliphatic rings. The summed E-state index contributed by atoms with van der Waals surface area (Å²) in [6.45, 7) is 14.2. The van der Waals surface area contributed by atoms with Crippen molar-refractivity contribution in [1.82, 2.24) is 0 Å². The van der Waals surface area contributed by atoms with E-state index in [1.54, 1.807) is 7.11 Å². The minimum absolute atomic E-state index is 0.813. The van der Waals surface area contributed by atoms with E-state index in [1.165, 1.54) is 0 Å². The van der Waals surface area contributed by atoms with Crippen LogP contribution in [0.4, 0.5) is 0 Å². The van der Waals surface area contributed by atoms with E-state index in [0.29, 0.717) is 0 Å². The topological polar surface area (TPSA) is 27.7 Å². The van der Waals surface area contributed by atoms with Crippen LogP contribution in [0.2, 0.25) is 45.3 Å². The molecular weight excluding hydrogens is 252 g/mol. The molecule has 0 heterocycles. The molecule has 0 saturated heterocycles. The highest BCUT2D eigenvalue weighted by molar-refractivity contribution is 6.81. The van der Waals surface area contributed by atoms with Gasteiger partial charge in [0.15, 0.2) is 16.6 Å². The summed E-state index contributed by atoms with van der Waals surface area (Å²) in [5.74, 6) is 0. The van der Waals surface area contributed by atoms with Crippen LogP contribution >= 0.6 is 0 Å². The Hall–Kier alpha value is 0.531. The molecule has 0 aliphatic carbocycles. The van der Waals surface area contributed by atoms with Crippen molar-refractivity contribution in [2.75, 3.05) is 13.7 Å². The number of ether oxygens (including phenoxy) is 1. The van der Waals surface area contributed by atoms with E-state index in [1.807, 2.05) is 0 Å². The molecule has 0 rings (SSSR count). The van der Waals surface area contributed by atoms with Crippen molar-refractivity contribution in [3.8, 4) is 0 Å². The van der Waals surface area contributed by atoms with Gasteiger partial charge in [-0.1, -0.05) is 0 Å². The smallest absolute Gasteiger partial charge is 0.300 e. The summed E-state index contributed by atoms with van der Waals surface area (Å²) < 4.78 is 17.5. The van der Waals surface area contributed by atoms with Gasteiger partial charge in [0.1, 0.15) is 0 Å². The lowest BCUT2D eigenvalue weighted by molar-refractivity contribution is 0.197. The number of hydrogen-bond donors (Lipinski definition) is 0. The molecule has 98 valence electrons. The van der Waals surface area contributed by atoms with Crippen LogP contribution < -0.4 is 0 Å². The van der Waals surface area contributed by atoms with E-state index in [0.717, 1.165) is 19.1 Å². The van der Waals surface area contributed by atoms with Crippen molar-refractivity contribution in [2.24, 2.45) is 0 Å². The van der Waals surface area contributed by atoms with Crippen molar-refractivity contribution < 1.29 is 13.0 Å². The zero-order chi connectivity index (χ0) is 12.8. The fourth-order valence-electron chi connectivity index (χ4n) is 1.32. The van der Waals surface area contributed by atoms with Crippen LogP contribution in [0.3, 0.4) is 0 Å². The Balaban J connectivity index is 4.17. The van der Waals surface area contributed by atoms with E-state index >= 15 is 0 Å². The monoisotopic (exact) mass is 280 g/mol. The Bertz CT molecular complexity index is 171. The third kappa shape index (κ3) is 11.0. The van der Waals surface area contributed by atoms with Gasteiger partial charge in [-0.3, -0.25) is 0 Å². The average Bonchev–Trinajstić information content (AvgIpc) is 1.97. The van der Waals surface area contributed by atoms with Gasteiger partial charge in [-0.05, 0) is 51.7 Å². The molecule has 0 radical (unpaired) electrons. The molecule has 16 heavy (non-hydrogen) atoms. The van der Waals surface area contributed by atoms with Crippen molar-refractivity contribution >= 4 is 25.9 Å². The van der Waals surface area contributed by atoms with Gasteiger partial charge in [-0.15, -0.1) is 0 Å². The molecular formula is C10H28O3Si3. The Morgan fingerprint density at radius 2 is 1.31 bits per heavy atom. The van der Waals surface area contributed by atoms with E-state index in [-0.39, 0.29) is 0 Å². The predicted molar refractivity (Wildman–Crippen MR) is 77.3 cm³/mol. The zero-order valence-electron chi connectivity index (χ0n) is 11.9. The first-order valence-corrected chi connectivity index (χ1v) is 14.6. The molecule has 0 spiro atoms. The van der Waals surface area contributed by atoms with Crippen LogP contribution in [0, 0.1) is 0 Å². The third-order valence-corrected chi connectivity index (χ3v) is 10.4. The fourth-order valence-corrected chi connectivity index (χ4v) is 9.70. The first-order chi connectivity index (χ1) is 7.14. The first-order valence-electron chi connectivity index (χ1n) is 5.98. The SMILES string of the molecule is COCCC[SiH](O[Si](C)(C)C)O[Si](C)(C)C. The van der Waals surface area contributed by atoms with Crippen LogP contribution in [-0.2, 0) is 13.0 Å². The number of methoxy groups -OCH3 is 1. The van der Waals surface area contributed by atoms with Crippen LogP contribution in [0.25, 0.3) is 0 Å². The lowest BCUT2D eigenvalue weighted by Gasteiger charge is -2.30. The summed E-state index contributed by atoms with van der Waals surface area (Å²) in [6, 6.07) is 1.07. The van der Waals surface area contributed by atoms with E-state index in [4.69, 9.17) is 13.0 Å². The maximum Gasteiger partial charge on any atom is 0.300 e. The standard InChI is InChI=1S/C10H28O3Si3/c1-11-9-8-10-14(12-15(2,3)4)13-16(5,6)7/h14H,8-10H2,1-7H3. The van der Waals surface area contributed by atoms with Crippen LogP contribution in [0.15, 0.2) is 0 Å². The van der Waals surface area contributed by atoms with Gasteiger partial charge in [0.25, 0.3) is 0 Å². The molecule has 0 amide bonds. The maximum atomic E-state index is 6.20. The molecule has 0 atom stereocenters. The Labute approximate surface area is 105 Å². The van der Waals surface area contributed by atoms with Gasteiger partial charge < -0.3 is 13.0 Å². The molecule has 3 nitrogen and oxygen atoms in total. The molecule has 0 aromatic rings. The Kier molecular flexibility index (Phi) is 7.31. The van der Waals surface area contributed by atoms with Crippen molar-refractivity contribution in [1.29, 1.82) is 0 Å².